The summed E-state index contributed by atoms with van der Waals surface area (Å²) in [5.41, 5.74) is 1.89. The molecule has 0 unspecified atom stereocenters. The van der Waals surface area contributed by atoms with E-state index in [4.69, 9.17) is 0 Å². The molecule has 26 heavy (non-hydrogen) atoms. The fraction of sp³-hybridized carbons (Fsp3) is 0.500. The van der Waals surface area contributed by atoms with Crippen LogP contribution in [0.1, 0.15) is 24.6 Å². The SMILES string of the molecule is Cn1nc([C@H]2C[C@H](CNc3nc4ccccc4n3C)[C@H](O)C2)n(C)c1=O. The van der Waals surface area contributed by atoms with Crippen molar-refractivity contribution < 1.29 is 5.11 Å². The summed E-state index contributed by atoms with van der Waals surface area (Å²) in [4.78, 5) is 16.5. The standard InChI is InChI=1S/C18H24N6O2/c1-22-14-7-5-4-6-13(14)20-17(22)19-10-12-8-11(9-15(12)25)16-21-24(3)18(26)23(16)2/h4-7,11-12,15,25H,8-10H2,1-3H3,(H,19,20)/t11-,12+,15+/m0/s1. The van der Waals surface area contributed by atoms with E-state index in [0.29, 0.717) is 13.0 Å². The van der Waals surface area contributed by atoms with Crippen molar-refractivity contribution in [2.24, 2.45) is 27.1 Å². The molecule has 1 aliphatic rings. The molecule has 0 spiro atoms. The van der Waals surface area contributed by atoms with Gasteiger partial charge in [0.1, 0.15) is 5.82 Å². The number of nitrogens with zero attached hydrogens (tertiary/aromatic N) is 5. The van der Waals surface area contributed by atoms with Crippen molar-refractivity contribution in [3.8, 4) is 0 Å². The third kappa shape index (κ3) is 2.70. The summed E-state index contributed by atoms with van der Waals surface area (Å²) in [6.07, 6.45) is 1.00. The Hall–Kier alpha value is -2.61. The summed E-state index contributed by atoms with van der Waals surface area (Å²) in [6.45, 7) is 0.635. The van der Waals surface area contributed by atoms with Gasteiger partial charge in [-0.1, -0.05) is 12.1 Å². The highest BCUT2D eigenvalue weighted by Crippen LogP contribution is 2.37. The number of imidazole rings is 1. The minimum atomic E-state index is -0.417. The van der Waals surface area contributed by atoms with E-state index in [0.717, 1.165) is 29.2 Å². The third-order valence-corrected chi connectivity index (χ3v) is 5.49. The van der Waals surface area contributed by atoms with E-state index in [1.165, 1.54) is 4.68 Å². The monoisotopic (exact) mass is 356 g/mol. The predicted molar refractivity (Wildman–Crippen MR) is 99.1 cm³/mol. The second-order valence-corrected chi connectivity index (χ2v) is 7.18. The quantitative estimate of drug-likeness (QED) is 0.727. The molecule has 2 aromatic heterocycles. The number of para-hydroxylation sites is 2. The fourth-order valence-electron chi connectivity index (χ4n) is 3.99. The minimum absolute atomic E-state index is 0.0937. The van der Waals surface area contributed by atoms with E-state index in [1.54, 1.807) is 18.7 Å². The molecule has 8 heteroatoms. The molecular formula is C18H24N6O2. The number of benzene rings is 1. The third-order valence-electron chi connectivity index (χ3n) is 5.49. The van der Waals surface area contributed by atoms with E-state index in [-0.39, 0.29) is 17.5 Å². The van der Waals surface area contributed by atoms with Crippen molar-refractivity contribution >= 4 is 17.0 Å². The average molecular weight is 356 g/mol. The molecule has 4 rings (SSSR count). The summed E-state index contributed by atoms with van der Waals surface area (Å²) in [5.74, 6) is 1.74. The number of fused-ring (bicyclic) bond motifs is 1. The lowest BCUT2D eigenvalue weighted by Gasteiger charge is -2.15. The number of hydrogen-bond donors (Lipinski definition) is 2. The van der Waals surface area contributed by atoms with E-state index >= 15 is 0 Å². The zero-order valence-corrected chi connectivity index (χ0v) is 15.3. The number of aliphatic hydroxyl groups excluding tert-OH is 1. The highest BCUT2D eigenvalue weighted by Gasteiger charge is 2.36. The number of nitrogens with one attached hydrogen (secondary N) is 1. The molecule has 2 N–H and O–H groups in total. The van der Waals surface area contributed by atoms with Gasteiger partial charge >= 0.3 is 5.69 Å². The van der Waals surface area contributed by atoms with Crippen LogP contribution in [0, 0.1) is 5.92 Å². The van der Waals surface area contributed by atoms with E-state index in [9.17, 15) is 9.90 Å². The Morgan fingerprint density at radius 2 is 1.96 bits per heavy atom. The molecule has 1 aromatic carbocycles. The van der Waals surface area contributed by atoms with E-state index in [1.807, 2.05) is 35.9 Å². The molecule has 1 fully saturated rings. The highest BCUT2D eigenvalue weighted by atomic mass is 16.3. The van der Waals surface area contributed by atoms with Gasteiger partial charge in [-0.25, -0.2) is 14.5 Å². The molecule has 2 heterocycles. The minimum Gasteiger partial charge on any atom is -0.393 e. The Kier molecular flexibility index (Phi) is 4.07. The first-order valence-electron chi connectivity index (χ1n) is 8.89. The zero-order valence-electron chi connectivity index (χ0n) is 15.3. The highest BCUT2D eigenvalue weighted by molar-refractivity contribution is 5.78. The van der Waals surface area contributed by atoms with E-state index in [2.05, 4.69) is 15.4 Å². The Morgan fingerprint density at radius 1 is 1.19 bits per heavy atom. The zero-order chi connectivity index (χ0) is 18.4. The second kappa shape index (κ2) is 6.28. The van der Waals surface area contributed by atoms with Crippen LogP contribution in [-0.2, 0) is 21.1 Å². The summed E-state index contributed by atoms with van der Waals surface area (Å²) in [7, 11) is 5.37. The number of aryl methyl sites for hydroxylation is 2. The van der Waals surface area contributed by atoms with Gasteiger partial charge in [0, 0.05) is 39.5 Å². The topological polar surface area (TPSA) is 89.9 Å². The summed E-state index contributed by atoms with van der Waals surface area (Å²) in [5, 5.41) is 18.2. The first kappa shape index (κ1) is 16.8. The van der Waals surface area contributed by atoms with Crippen LogP contribution >= 0.6 is 0 Å². The van der Waals surface area contributed by atoms with Gasteiger partial charge in [-0.05, 0) is 25.0 Å². The number of anilines is 1. The average Bonchev–Trinajstić information content (AvgIpc) is 3.24. The molecule has 1 saturated carbocycles. The van der Waals surface area contributed by atoms with Gasteiger partial charge in [0.15, 0.2) is 0 Å². The maximum atomic E-state index is 11.9. The first-order chi connectivity index (χ1) is 12.5. The van der Waals surface area contributed by atoms with Crippen LogP contribution < -0.4 is 11.0 Å². The number of aliphatic hydroxyl groups is 1. The molecule has 0 bridgehead atoms. The van der Waals surface area contributed by atoms with Gasteiger partial charge in [0.2, 0.25) is 5.95 Å². The molecule has 3 aromatic rings. The van der Waals surface area contributed by atoms with Gasteiger partial charge in [-0.3, -0.25) is 4.57 Å². The number of aromatic nitrogens is 5. The molecule has 1 aliphatic carbocycles. The van der Waals surface area contributed by atoms with Crippen molar-refractivity contribution in [3.05, 3.63) is 40.6 Å². The maximum absolute atomic E-state index is 11.9. The van der Waals surface area contributed by atoms with Crippen LogP contribution in [0.15, 0.2) is 29.1 Å². The van der Waals surface area contributed by atoms with Gasteiger partial charge in [-0.2, -0.15) is 5.10 Å². The Bertz CT molecular complexity index is 1000. The number of hydrogen-bond acceptors (Lipinski definition) is 5. The van der Waals surface area contributed by atoms with Crippen LogP contribution in [0.4, 0.5) is 5.95 Å². The summed E-state index contributed by atoms with van der Waals surface area (Å²) < 4.78 is 4.96. The predicted octanol–water partition coefficient (Wildman–Crippen LogP) is 0.972. The van der Waals surface area contributed by atoms with E-state index < -0.39 is 6.10 Å². The lowest BCUT2D eigenvalue weighted by Crippen LogP contribution is -2.23. The van der Waals surface area contributed by atoms with Crippen molar-refractivity contribution in [2.45, 2.75) is 24.9 Å². The smallest absolute Gasteiger partial charge is 0.345 e. The fourth-order valence-corrected chi connectivity index (χ4v) is 3.99. The molecule has 8 nitrogen and oxygen atoms in total. The van der Waals surface area contributed by atoms with Crippen LogP contribution in [0.5, 0.6) is 0 Å². The first-order valence-corrected chi connectivity index (χ1v) is 8.89. The van der Waals surface area contributed by atoms with Gasteiger partial charge < -0.3 is 15.0 Å². The van der Waals surface area contributed by atoms with Crippen molar-refractivity contribution in [1.29, 1.82) is 0 Å². The molecule has 0 radical (unpaired) electrons. The molecular weight excluding hydrogens is 332 g/mol. The lowest BCUT2D eigenvalue weighted by atomic mass is 10.0. The summed E-state index contributed by atoms with van der Waals surface area (Å²) in [6, 6.07) is 8.00. The molecule has 3 atom stereocenters. The van der Waals surface area contributed by atoms with Crippen LogP contribution in [0.3, 0.4) is 0 Å². The Balaban J connectivity index is 1.47. The van der Waals surface area contributed by atoms with Crippen molar-refractivity contribution in [3.63, 3.8) is 0 Å². The van der Waals surface area contributed by atoms with Gasteiger partial charge in [0.05, 0.1) is 17.1 Å². The van der Waals surface area contributed by atoms with Gasteiger partial charge in [0.25, 0.3) is 0 Å². The van der Waals surface area contributed by atoms with Crippen LogP contribution in [0.25, 0.3) is 11.0 Å². The molecule has 0 aliphatic heterocycles. The van der Waals surface area contributed by atoms with Crippen LogP contribution in [-0.4, -0.2) is 41.7 Å². The molecule has 138 valence electrons. The Labute approximate surface area is 151 Å². The maximum Gasteiger partial charge on any atom is 0.345 e. The van der Waals surface area contributed by atoms with Crippen molar-refractivity contribution in [2.75, 3.05) is 11.9 Å². The normalized spacial score (nSPS) is 23.0. The summed E-state index contributed by atoms with van der Waals surface area (Å²) >= 11 is 0. The molecule has 0 amide bonds. The van der Waals surface area contributed by atoms with Crippen LogP contribution in [0.2, 0.25) is 0 Å². The van der Waals surface area contributed by atoms with Gasteiger partial charge in [-0.15, -0.1) is 0 Å². The Morgan fingerprint density at radius 3 is 2.65 bits per heavy atom. The number of rotatable bonds is 4. The van der Waals surface area contributed by atoms with Crippen molar-refractivity contribution in [1.82, 2.24) is 23.9 Å². The second-order valence-electron chi connectivity index (χ2n) is 7.18. The lowest BCUT2D eigenvalue weighted by molar-refractivity contribution is 0.137. The molecule has 0 saturated heterocycles. The largest absolute Gasteiger partial charge is 0.393 e.